The summed E-state index contributed by atoms with van der Waals surface area (Å²) in [6, 6.07) is 8.57. The Kier molecular flexibility index (Phi) is 4.69. The van der Waals surface area contributed by atoms with E-state index in [9.17, 15) is 14.4 Å². The summed E-state index contributed by atoms with van der Waals surface area (Å²) < 4.78 is 0. The number of carbonyl (C=O) groups is 3. The van der Waals surface area contributed by atoms with Crippen LogP contribution in [0.5, 0.6) is 0 Å². The summed E-state index contributed by atoms with van der Waals surface area (Å²) in [6.07, 6.45) is 3.20. The van der Waals surface area contributed by atoms with Gasteiger partial charge in [-0.15, -0.1) is 0 Å². The molecule has 0 aliphatic carbocycles. The number of carbonyl (C=O) groups excluding carboxylic acids is 3. The van der Waals surface area contributed by atoms with Gasteiger partial charge in [-0.3, -0.25) is 19.7 Å². The lowest BCUT2D eigenvalue weighted by molar-refractivity contribution is -0.122. The molecular weight excluding hydrogens is 322 g/mol. The minimum absolute atomic E-state index is 0.124. The van der Waals surface area contributed by atoms with Gasteiger partial charge < -0.3 is 10.2 Å². The fourth-order valence-corrected chi connectivity index (χ4v) is 2.64. The highest BCUT2D eigenvalue weighted by molar-refractivity contribution is 6.03. The molecule has 0 saturated carbocycles. The number of hydrogen-bond donors (Lipinski definition) is 2. The van der Waals surface area contributed by atoms with Crippen molar-refractivity contribution in [3.8, 4) is 0 Å². The maximum absolute atomic E-state index is 12.3. The van der Waals surface area contributed by atoms with Gasteiger partial charge in [0.1, 0.15) is 0 Å². The number of hydrogen-bond acceptors (Lipinski definition) is 5. The van der Waals surface area contributed by atoms with Crippen molar-refractivity contribution in [2.24, 2.45) is 5.92 Å². The zero-order valence-corrected chi connectivity index (χ0v) is 13.6. The van der Waals surface area contributed by atoms with E-state index in [-0.39, 0.29) is 36.6 Å². The fraction of sp³-hybridized carbons (Fsp3) is 0.235. The minimum Gasteiger partial charge on any atom is -0.326 e. The minimum atomic E-state index is -0.466. The number of aromatic nitrogens is 2. The summed E-state index contributed by atoms with van der Waals surface area (Å²) in [6.45, 7) is 1.72. The molecule has 1 unspecified atom stereocenters. The summed E-state index contributed by atoms with van der Waals surface area (Å²) in [7, 11) is 0. The second-order valence-corrected chi connectivity index (χ2v) is 5.70. The van der Waals surface area contributed by atoms with E-state index in [1.54, 1.807) is 35.2 Å². The molecular formula is C17H17N5O3. The van der Waals surface area contributed by atoms with Crippen LogP contribution in [0.2, 0.25) is 0 Å². The molecule has 8 nitrogen and oxygen atoms in total. The Morgan fingerprint density at radius 3 is 2.44 bits per heavy atom. The molecule has 2 heterocycles. The molecule has 0 spiro atoms. The van der Waals surface area contributed by atoms with E-state index >= 15 is 0 Å². The molecule has 0 radical (unpaired) electrons. The van der Waals surface area contributed by atoms with Gasteiger partial charge in [0.25, 0.3) is 0 Å². The summed E-state index contributed by atoms with van der Waals surface area (Å²) in [5, 5.41) is 5.29. The third-order valence-electron chi connectivity index (χ3n) is 3.80. The molecule has 1 aliphatic heterocycles. The van der Waals surface area contributed by atoms with Gasteiger partial charge in [0, 0.05) is 43.7 Å². The molecule has 1 fully saturated rings. The van der Waals surface area contributed by atoms with E-state index in [2.05, 4.69) is 20.6 Å². The first-order valence-corrected chi connectivity index (χ1v) is 7.79. The van der Waals surface area contributed by atoms with Gasteiger partial charge in [0.05, 0.1) is 5.92 Å². The zero-order chi connectivity index (χ0) is 17.8. The highest BCUT2D eigenvalue weighted by Gasteiger charge is 2.35. The maximum Gasteiger partial charge on any atom is 0.232 e. The fourth-order valence-electron chi connectivity index (χ4n) is 2.64. The lowest BCUT2D eigenvalue weighted by atomic mass is 10.1. The molecule has 2 aromatic rings. The van der Waals surface area contributed by atoms with Gasteiger partial charge in [-0.1, -0.05) is 0 Å². The third kappa shape index (κ3) is 3.97. The smallest absolute Gasteiger partial charge is 0.232 e. The van der Waals surface area contributed by atoms with Gasteiger partial charge in [0.15, 0.2) is 0 Å². The van der Waals surface area contributed by atoms with Crippen LogP contribution in [0.4, 0.5) is 17.3 Å². The van der Waals surface area contributed by atoms with Crippen LogP contribution in [0.25, 0.3) is 0 Å². The second kappa shape index (κ2) is 7.08. The average molecular weight is 339 g/mol. The van der Waals surface area contributed by atoms with E-state index in [0.717, 1.165) is 0 Å². The SMILES string of the molecule is CC(=O)Nc1ccc(N2CC(C(=O)Nc3ncccn3)CC2=O)cc1. The molecule has 1 aromatic heterocycles. The molecule has 3 amide bonds. The molecule has 2 N–H and O–H groups in total. The summed E-state index contributed by atoms with van der Waals surface area (Å²) in [5.41, 5.74) is 1.34. The van der Waals surface area contributed by atoms with Gasteiger partial charge in [-0.2, -0.15) is 0 Å². The van der Waals surface area contributed by atoms with Crippen molar-refractivity contribution >= 4 is 35.0 Å². The van der Waals surface area contributed by atoms with Crippen LogP contribution in [0.1, 0.15) is 13.3 Å². The molecule has 128 valence electrons. The largest absolute Gasteiger partial charge is 0.326 e. The first kappa shape index (κ1) is 16.6. The Hall–Kier alpha value is -3.29. The molecule has 1 aliphatic rings. The Bertz CT molecular complexity index is 792. The number of anilines is 3. The van der Waals surface area contributed by atoms with Crippen molar-refractivity contribution in [1.29, 1.82) is 0 Å². The van der Waals surface area contributed by atoms with Crippen LogP contribution in [0.3, 0.4) is 0 Å². The molecule has 3 rings (SSSR count). The normalized spacial score (nSPS) is 16.6. The molecule has 1 saturated heterocycles. The molecule has 1 aromatic carbocycles. The van der Waals surface area contributed by atoms with Crippen molar-refractivity contribution in [2.75, 3.05) is 22.1 Å². The van der Waals surface area contributed by atoms with Crippen LogP contribution >= 0.6 is 0 Å². The van der Waals surface area contributed by atoms with Gasteiger partial charge >= 0.3 is 0 Å². The number of benzene rings is 1. The van der Waals surface area contributed by atoms with Gasteiger partial charge in [-0.25, -0.2) is 9.97 Å². The molecule has 0 bridgehead atoms. The third-order valence-corrected chi connectivity index (χ3v) is 3.80. The predicted octanol–water partition coefficient (Wildman–Crippen LogP) is 1.43. The topological polar surface area (TPSA) is 104 Å². The number of rotatable bonds is 4. The van der Waals surface area contributed by atoms with E-state index in [1.165, 1.54) is 19.3 Å². The molecule has 25 heavy (non-hydrogen) atoms. The predicted molar refractivity (Wildman–Crippen MR) is 91.9 cm³/mol. The van der Waals surface area contributed by atoms with Crippen molar-refractivity contribution in [2.45, 2.75) is 13.3 Å². The summed E-state index contributed by atoms with van der Waals surface area (Å²) >= 11 is 0. The van der Waals surface area contributed by atoms with E-state index < -0.39 is 5.92 Å². The van der Waals surface area contributed by atoms with Gasteiger partial charge in [0.2, 0.25) is 23.7 Å². The standard InChI is InChI=1S/C17H17N5O3/c1-11(23)20-13-3-5-14(6-4-13)22-10-12(9-15(22)24)16(25)21-17-18-7-2-8-19-17/h2-8,12H,9-10H2,1H3,(H,20,23)(H,18,19,21,25). The lowest BCUT2D eigenvalue weighted by Gasteiger charge is -2.17. The van der Waals surface area contributed by atoms with Crippen molar-refractivity contribution in [3.05, 3.63) is 42.7 Å². The van der Waals surface area contributed by atoms with Crippen LogP contribution in [-0.4, -0.2) is 34.2 Å². The lowest BCUT2D eigenvalue weighted by Crippen LogP contribution is -2.28. The van der Waals surface area contributed by atoms with Crippen LogP contribution in [0, 0.1) is 5.92 Å². The Morgan fingerprint density at radius 2 is 1.80 bits per heavy atom. The van der Waals surface area contributed by atoms with Crippen LogP contribution in [-0.2, 0) is 14.4 Å². The van der Waals surface area contributed by atoms with Gasteiger partial charge in [-0.05, 0) is 30.3 Å². The molecule has 1 atom stereocenters. The van der Waals surface area contributed by atoms with Crippen molar-refractivity contribution in [1.82, 2.24) is 9.97 Å². The van der Waals surface area contributed by atoms with Crippen LogP contribution < -0.4 is 15.5 Å². The Labute approximate surface area is 144 Å². The number of nitrogens with zero attached hydrogens (tertiary/aromatic N) is 3. The second-order valence-electron chi connectivity index (χ2n) is 5.70. The summed E-state index contributed by atoms with van der Waals surface area (Å²) in [5.74, 6) is -0.812. The van der Waals surface area contributed by atoms with Crippen molar-refractivity contribution in [3.63, 3.8) is 0 Å². The highest BCUT2D eigenvalue weighted by Crippen LogP contribution is 2.26. The van der Waals surface area contributed by atoms with Crippen LogP contribution in [0.15, 0.2) is 42.7 Å². The van der Waals surface area contributed by atoms with E-state index in [1.807, 2.05) is 0 Å². The Morgan fingerprint density at radius 1 is 1.12 bits per heavy atom. The monoisotopic (exact) mass is 339 g/mol. The highest BCUT2D eigenvalue weighted by atomic mass is 16.2. The number of nitrogens with one attached hydrogen (secondary N) is 2. The maximum atomic E-state index is 12.3. The quantitative estimate of drug-likeness (QED) is 0.877. The first-order chi connectivity index (χ1) is 12.0. The first-order valence-electron chi connectivity index (χ1n) is 7.79. The summed E-state index contributed by atoms with van der Waals surface area (Å²) in [4.78, 5) is 45.0. The van der Waals surface area contributed by atoms with Crippen molar-refractivity contribution < 1.29 is 14.4 Å². The molecule has 8 heteroatoms. The Balaban J connectivity index is 1.65. The zero-order valence-electron chi connectivity index (χ0n) is 13.6. The average Bonchev–Trinajstić information content (AvgIpc) is 2.98. The van der Waals surface area contributed by atoms with E-state index in [4.69, 9.17) is 0 Å². The number of amides is 3. The van der Waals surface area contributed by atoms with E-state index in [0.29, 0.717) is 11.4 Å².